The quantitative estimate of drug-likeness (QED) is 0.480. The molecule has 1 aromatic heterocycles. The summed E-state index contributed by atoms with van der Waals surface area (Å²) in [6.45, 7) is 0.657. The van der Waals surface area contributed by atoms with Crippen molar-refractivity contribution >= 4 is 28.8 Å². The van der Waals surface area contributed by atoms with E-state index in [2.05, 4.69) is 9.55 Å². The summed E-state index contributed by atoms with van der Waals surface area (Å²) in [7, 11) is 0. The van der Waals surface area contributed by atoms with Gasteiger partial charge in [0.2, 0.25) is 0 Å². The second-order valence-corrected chi connectivity index (χ2v) is 4.49. The molecule has 2 rings (SSSR count). The predicted molar refractivity (Wildman–Crippen MR) is 65.8 cm³/mol. The first-order chi connectivity index (χ1) is 8.22. The number of hydrogen-bond acceptors (Lipinski definition) is 4. The fourth-order valence-electron chi connectivity index (χ4n) is 1.81. The zero-order valence-corrected chi connectivity index (χ0v) is 13.4. The molecule has 0 saturated carbocycles. The normalized spacial score (nSPS) is 10.3. The van der Waals surface area contributed by atoms with Crippen LogP contribution in [0.5, 0.6) is 0 Å². The maximum atomic E-state index is 10.4. The van der Waals surface area contributed by atoms with Crippen LogP contribution in [0.2, 0.25) is 0 Å². The Morgan fingerprint density at radius 3 is 2.83 bits per heavy atom. The van der Waals surface area contributed by atoms with E-state index in [1.54, 1.807) is 11.8 Å². The molecular weight excluding hydrogens is 259 g/mol. The van der Waals surface area contributed by atoms with Gasteiger partial charge in [0.15, 0.2) is 5.16 Å². The maximum absolute atomic E-state index is 10.4. The van der Waals surface area contributed by atoms with E-state index in [1.807, 2.05) is 30.5 Å². The third-order valence-electron chi connectivity index (χ3n) is 2.56. The van der Waals surface area contributed by atoms with E-state index >= 15 is 0 Å². The topological polar surface area (TPSA) is 58.0 Å². The van der Waals surface area contributed by atoms with Gasteiger partial charge in [-0.25, -0.2) is 4.98 Å². The number of carbonyl (C=O) groups is 1. The number of thioether (sulfide) groups is 1. The van der Waals surface area contributed by atoms with Crippen molar-refractivity contribution in [2.24, 2.45) is 0 Å². The number of imidazole rings is 1. The van der Waals surface area contributed by atoms with Crippen LogP contribution in [-0.4, -0.2) is 21.8 Å². The molecule has 1 aromatic carbocycles. The van der Waals surface area contributed by atoms with Gasteiger partial charge < -0.3 is 14.5 Å². The molecule has 0 saturated heterocycles. The minimum absolute atomic E-state index is 0. The summed E-state index contributed by atoms with van der Waals surface area (Å²) < 4.78 is 2.06. The van der Waals surface area contributed by atoms with Crippen molar-refractivity contribution in [3.63, 3.8) is 0 Å². The number of carbonyl (C=O) groups excluding carboxylic acids is 1. The Morgan fingerprint density at radius 1 is 1.44 bits per heavy atom. The van der Waals surface area contributed by atoms with Crippen molar-refractivity contribution in [1.29, 1.82) is 0 Å². The van der Waals surface area contributed by atoms with Crippen LogP contribution in [0.25, 0.3) is 11.0 Å². The third kappa shape index (κ3) is 3.51. The summed E-state index contributed by atoms with van der Waals surface area (Å²) in [6.07, 6.45) is 2.62. The van der Waals surface area contributed by atoms with E-state index in [4.69, 9.17) is 0 Å². The molecule has 0 amide bonds. The summed E-state index contributed by atoms with van der Waals surface area (Å²) in [4.78, 5) is 14.9. The van der Waals surface area contributed by atoms with E-state index in [-0.39, 0.29) is 36.0 Å². The van der Waals surface area contributed by atoms with Gasteiger partial charge >= 0.3 is 29.6 Å². The van der Waals surface area contributed by atoms with Gasteiger partial charge in [0.25, 0.3) is 0 Å². The van der Waals surface area contributed by atoms with Crippen molar-refractivity contribution in [1.82, 2.24) is 9.55 Å². The number of nitrogens with zero attached hydrogens (tertiary/aromatic N) is 2. The SMILES string of the molecule is CSc1nc2ccccc2n1CCCC(=O)[O-].[Na+]. The molecule has 90 valence electrons. The van der Waals surface area contributed by atoms with Crippen LogP contribution in [0, 0.1) is 0 Å². The molecule has 4 nitrogen and oxygen atoms in total. The summed E-state index contributed by atoms with van der Waals surface area (Å²) in [6, 6.07) is 7.87. The maximum Gasteiger partial charge on any atom is 1.00 e. The fourth-order valence-corrected chi connectivity index (χ4v) is 2.41. The van der Waals surface area contributed by atoms with Gasteiger partial charge in [-0.2, -0.15) is 0 Å². The Hall–Kier alpha value is -0.490. The molecule has 0 fully saturated rings. The monoisotopic (exact) mass is 272 g/mol. The second-order valence-electron chi connectivity index (χ2n) is 3.71. The Bertz CT molecular complexity index is 542. The van der Waals surface area contributed by atoms with Crippen molar-refractivity contribution in [2.45, 2.75) is 24.5 Å². The summed E-state index contributed by atoms with van der Waals surface area (Å²) in [5.41, 5.74) is 2.00. The molecule has 1 heterocycles. The summed E-state index contributed by atoms with van der Waals surface area (Å²) >= 11 is 1.57. The molecule has 0 aliphatic rings. The molecule has 0 N–H and O–H groups in total. The molecule has 0 unspecified atom stereocenters. The van der Waals surface area contributed by atoms with Crippen LogP contribution < -0.4 is 34.7 Å². The molecule has 0 spiro atoms. The summed E-state index contributed by atoms with van der Waals surface area (Å²) in [5.74, 6) is -1.000. The van der Waals surface area contributed by atoms with Crippen LogP contribution in [0.3, 0.4) is 0 Å². The van der Waals surface area contributed by atoms with Crippen LogP contribution in [0.1, 0.15) is 12.8 Å². The first-order valence-electron chi connectivity index (χ1n) is 5.41. The number of aryl methyl sites for hydroxylation is 1. The van der Waals surface area contributed by atoms with Gasteiger partial charge in [0.1, 0.15) is 0 Å². The van der Waals surface area contributed by atoms with Crippen LogP contribution >= 0.6 is 11.8 Å². The first kappa shape index (κ1) is 15.6. The van der Waals surface area contributed by atoms with E-state index in [1.165, 1.54) is 0 Å². The first-order valence-corrected chi connectivity index (χ1v) is 6.64. The Balaban J connectivity index is 0.00000162. The van der Waals surface area contributed by atoms with Crippen LogP contribution in [0.15, 0.2) is 29.4 Å². The fraction of sp³-hybridized carbons (Fsp3) is 0.333. The minimum Gasteiger partial charge on any atom is -0.550 e. The number of benzene rings is 1. The molecule has 0 bridgehead atoms. The van der Waals surface area contributed by atoms with Crippen molar-refractivity contribution in [3.05, 3.63) is 24.3 Å². The largest absolute Gasteiger partial charge is 1.00 e. The number of rotatable bonds is 5. The standard InChI is InChI=1S/C12H14N2O2S.Na/c1-17-12-13-9-5-2-3-6-10(9)14(12)8-4-7-11(15)16;/h2-3,5-6H,4,7-8H2,1H3,(H,15,16);/q;+1/p-1. The van der Waals surface area contributed by atoms with Gasteiger partial charge in [-0.3, -0.25) is 0 Å². The van der Waals surface area contributed by atoms with Crippen molar-refractivity contribution in [3.8, 4) is 0 Å². The third-order valence-corrected chi connectivity index (χ3v) is 3.24. The Morgan fingerprint density at radius 2 is 2.17 bits per heavy atom. The minimum atomic E-state index is -1.000. The average molecular weight is 272 g/mol. The average Bonchev–Trinajstić information content (AvgIpc) is 2.67. The molecule has 0 radical (unpaired) electrons. The molecule has 0 aliphatic heterocycles. The van der Waals surface area contributed by atoms with Crippen LogP contribution in [0.4, 0.5) is 0 Å². The van der Waals surface area contributed by atoms with E-state index in [9.17, 15) is 9.90 Å². The van der Waals surface area contributed by atoms with Gasteiger partial charge in [-0.15, -0.1) is 0 Å². The smallest absolute Gasteiger partial charge is 0.550 e. The zero-order valence-electron chi connectivity index (χ0n) is 10.5. The molecule has 18 heavy (non-hydrogen) atoms. The Kier molecular flexibility index (Phi) is 6.21. The van der Waals surface area contributed by atoms with Gasteiger partial charge in [-0.05, 0) is 31.2 Å². The number of aromatic nitrogens is 2. The number of aliphatic carboxylic acids is 1. The zero-order chi connectivity index (χ0) is 12.3. The van der Waals surface area contributed by atoms with Gasteiger partial charge in [-0.1, -0.05) is 23.9 Å². The van der Waals surface area contributed by atoms with E-state index in [0.29, 0.717) is 13.0 Å². The molecular formula is C12H13N2NaO2S. The van der Waals surface area contributed by atoms with E-state index in [0.717, 1.165) is 16.2 Å². The Labute approximate surface area is 132 Å². The molecule has 6 heteroatoms. The van der Waals surface area contributed by atoms with E-state index < -0.39 is 5.97 Å². The number of carboxylic acid groups (broad SMARTS) is 1. The number of carboxylic acids is 1. The number of fused-ring (bicyclic) bond motifs is 1. The summed E-state index contributed by atoms with van der Waals surface area (Å²) in [5, 5.41) is 11.3. The second kappa shape index (κ2) is 7.19. The molecule has 0 atom stereocenters. The predicted octanol–water partition coefficient (Wildman–Crippen LogP) is -1.71. The van der Waals surface area contributed by atoms with Crippen molar-refractivity contribution in [2.75, 3.05) is 6.26 Å². The van der Waals surface area contributed by atoms with Crippen LogP contribution in [-0.2, 0) is 11.3 Å². The molecule has 2 aromatic rings. The van der Waals surface area contributed by atoms with Gasteiger partial charge in [0.05, 0.1) is 11.0 Å². The number of hydrogen-bond donors (Lipinski definition) is 0. The van der Waals surface area contributed by atoms with Crippen molar-refractivity contribution < 1.29 is 39.5 Å². The number of para-hydroxylation sites is 2. The molecule has 0 aliphatic carbocycles. The van der Waals surface area contributed by atoms with Gasteiger partial charge in [0, 0.05) is 12.5 Å².